The van der Waals surface area contributed by atoms with Crippen LogP contribution in [-0.4, -0.2) is 24.1 Å². The van der Waals surface area contributed by atoms with Crippen LogP contribution in [0.15, 0.2) is 164 Å². The van der Waals surface area contributed by atoms with Gasteiger partial charge in [-0.05, 0) is 82.0 Å². The van der Waals surface area contributed by atoms with E-state index < -0.39 is 0 Å². The van der Waals surface area contributed by atoms with Gasteiger partial charge < -0.3 is 4.57 Å². The van der Waals surface area contributed by atoms with Crippen LogP contribution in [-0.2, 0) is 10.8 Å². The summed E-state index contributed by atoms with van der Waals surface area (Å²) in [6.07, 6.45) is 2.23. The topological polar surface area (TPSA) is 48.5 Å². The van der Waals surface area contributed by atoms with Crippen LogP contribution in [0.3, 0.4) is 0 Å². The van der Waals surface area contributed by atoms with Gasteiger partial charge in [-0.15, -0.1) is 11.3 Å². The summed E-state index contributed by atoms with van der Waals surface area (Å²) in [5, 5.41) is 9.97. The van der Waals surface area contributed by atoms with E-state index in [0.29, 0.717) is 17.6 Å². The number of nitrogens with zero attached hydrogens (tertiary/aromatic N) is 5. The van der Waals surface area contributed by atoms with Crippen molar-refractivity contribution in [2.45, 2.75) is 51.4 Å². The second-order valence-corrected chi connectivity index (χ2v) is 19.7. The molecule has 0 amide bonds. The fourth-order valence-electron chi connectivity index (χ4n) is 10.9. The lowest BCUT2D eigenvalue weighted by Crippen LogP contribution is -2.34. The molecule has 0 fully saturated rings. The van der Waals surface area contributed by atoms with Gasteiger partial charge in [-0.3, -0.25) is 4.57 Å². The highest BCUT2D eigenvalue weighted by Crippen LogP contribution is 2.54. The highest BCUT2D eigenvalue weighted by Gasteiger charge is 2.40. The third kappa shape index (κ3) is 5.25. The van der Waals surface area contributed by atoms with Crippen LogP contribution in [0.1, 0.15) is 51.7 Å². The zero-order valence-corrected chi connectivity index (χ0v) is 36.5. The fourth-order valence-corrected chi connectivity index (χ4v) is 12.0. The molecule has 0 radical (unpaired) electrons. The molecular formula is C57H43N5S. The molecular weight excluding hydrogens is 787 g/mol. The molecule has 63 heavy (non-hydrogen) atoms. The Morgan fingerprint density at radius 3 is 1.83 bits per heavy atom. The number of benzene rings is 8. The maximum Gasteiger partial charge on any atom is 0.238 e. The first-order valence-electron chi connectivity index (χ1n) is 22.0. The van der Waals surface area contributed by atoms with Crippen molar-refractivity contribution in [1.29, 1.82) is 0 Å². The molecule has 0 bridgehead atoms. The predicted octanol–water partition coefficient (Wildman–Crippen LogP) is 15.3. The van der Waals surface area contributed by atoms with E-state index in [1.807, 2.05) is 17.4 Å². The Morgan fingerprint density at radius 1 is 0.444 bits per heavy atom. The maximum absolute atomic E-state index is 5.59. The summed E-state index contributed by atoms with van der Waals surface area (Å²) in [4.78, 5) is 16.4. The van der Waals surface area contributed by atoms with Crippen molar-refractivity contribution in [3.8, 4) is 34.4 Å². The SMILES string of the molecule is CC1(C)CCC(C)(C)c2c1ccc1c2c2c3ccccc3c3c4ccccc4n(-c4ccccc4)c3c2n1-c1nc(-c2ccccc2)nc(-c2ccc3c(c2)sc2ccccc23)n1. The molecule has 8 aromatic carbocycles. The summed E-state index contributed by atoms with van der Waals surface area (Å²) in [5.74, 6) is 1.89. The molecule has 0 aliphatic heterocycles. The van der Waals surface area contributed by atoms with E-state index in [1.165, 1.54) is 63.6 Å². The van der Waals surface area contributed by atoms with Crippen molar-refractivity contribution in [2.75, 3.05) is 0 Å². The van der Waals surface area contributed by atoms with E-state index >= 15 is 0 Å². The molecule has 13 rings (SSSR count). The number of para-hydroxylation sites is 2. The smallest absolute Gasteiger partial charge is 0.238 e. The molecule has 5 nitrogen and oxygen atoms in total. The first-order chi connectivity index (χ1) is 30.7. The van der Waals surface area contributed by atoms with E-state index in [1.54, 1.807) is 0 Å². The third-order valence-corrected chi connectivity index (χ3v) is 15.1. The molecule has 4 aromatic heterocycles. The molecule has 12 aromatic rings. The Labute approximate surface area is 368 Å². The van der Waals surface area contributed by atoms with Crippen LogP contribution in [0.2, 0.25) is 0 Å². The van der Waals surface area contributed by atoms with Crippen LogP contribution < -0.4 is 0 Å². The first-order valence-corrected chi connectivity index (χ1v) is 22.8. The Kier molecular flexibility index (Phi) is 7.64. The highest BCUT2D eigenvalue weighted by atomic mass is 32.1. The minimum atomic E-state index is -0.0786. The summed E-state index contributed by atoms with van der Waals surface area (Å²) in [6, 6.07) is 59.3. The molecule has 1 aliphatic carbocycles. The Bertz CT molecular complexity index is 3850. The van der Waals surface area contributed by atoms with Crippen LogP contribution in [0.25, 0.3) is 109 Å². The van der Waals surface area contributed by atoms with Crippen molar-refractivity contribution in [3.05, 3.63) is 175 Å². The number of rotatable bonds is 4. The van der Waals surface area contributed by atoms with Crippen molar-refractivity contribution >= 4 is 85.9 Å². The summed E-state index contributed by atoms with van der Waals surface area (Å²) >= 11 is 1.81. The zero-order valence-electron chi connectivity index (χ0n) is 35.6. The lowest BCUT2D eigenvalue weighted by atomic mass is 9.62. The van der Waals surface area contributed by atoms with E-state index in [0.717, 1.165) is 51.7 Å². The minimum Gasteiger partial charge on any atom is -0.307 e. The van der Waals surface area contributed by atoms with Gasteiger partial charge in [0.25, 0.3) is 0 Å². The molecule has 0 N–H and O–H groups in total. The van der Waals surface area contributed by atoms with Gasteiger partial charge in [-0.1, -0.05) is 155 Å². The van der Waals surface area contributed by atoms with Crippen molar-refractivity contribution < 1.29 is 0 Å². The molecule has 302 valence electrons. The van der Waals surface area contributed by atoms with Crippen molar-refractivity contribution in [2.24, 2.45) is 0 Å². The number of aromatic nitrogens is 5. The zero-order chi connectivity index (χ0) is 42.2. The maximum atomic E-state index is 5.59. The summed E-state index contributed by atoms with van der Waals surface area (Å²) < 4.78 is 7.36. The molecule has 0 spiro atoms. The number of fused-ring (bicyclic) bond motifs is 15. The van der Waals surface area contributed by atoms with Crippen LogP contribution >= 0.6 is 11.3 Å². The largest absolute Gasteiger partial charge is 0.307 e. The van der Waals surface area contributed by atoms with E-state index in [2.05, 4.69) is 195 Å². The highest BCUT2D eigenvalue weighted by molar-refractivity contribution is 7.25. The second kappa shape index (κ2) is 13.2. The lowest BCUT2D eigenvalue weighted by Gasteiger charge is -2.42. The van der Waals surface area contributed by atoms with Gasteiger partial charge in [-0.2, -0.15) is 9.97 Å². The van der Waals surface area contributed by atoms with Crippen LogP contribution in [0, 0.1) is 0 Å². The quantitative estimate of drug-likeness (QED) is 0.178. The monoisotopic (exact) mass is 829 g/mol. The lowest BCUT2D eigenvalue weighted by molar-refractivity contribution is 0.334. The number of hydrogen-bond donors (Lipinski definition) is 0. The summed E-state index contributed by atoms with van der Waals surface area (Å²) in [6.45, 7) is 9.75. The fraction of sp³-hybridized carbons (Fsp3) is 0.140. The van der Waals surface area contributed by atoms with Gasteiger partial charge in [0.2, 0.25) is 5.95 Å². The first kappa shape index (κ1) is 36.5. The molecule has 0 unspecified atom stereocenters. The number of hydrogen-bond acceptors (Lipinski definition) is 4. The average molecular weight is 830 g/mol. The average Bonchev–Trinajstić information content (AvgIpc) is 3.99. The van der Waals surface area contributed by atoms with Gasteiger partial charge in [0, 0.05) is 58.5 Å². The molecule has 4 heterocycles. The normalized spacial score (nSPS) is 14.8. The molecule has 1 aliphatic rings. The Balaban J connectivity index is 1.26. The Morgan fingerprint density at radius 2 is 1.05 bits per heavy atom. The summed E-state index contributed by atoms with van der Waals surface area (Å²) in [5.41, 5.74) is 10.3. The second-order valence-electron chi connectivity index (χ2n) is 18.6. The molecule has 0 saturated heterocycles. The van der Waals surface area contributed by atoms with E-state index in [9.17, 15) is 0 Å². The van der Waals surface area contributed by atoms with Gasteiger partial charge in [0.15, 0.2) is 11.6 Å². The van der Waals surface area contributed by atoms with Gasteiger partial charge in [0.1, 0.15) is 0 Å². The molecule has 0 saturated carbocycles. The molecule has 0 atom stereocenters. The minimum absolute atomic E-state index is 0.0123. The Hall–Kier alpha value is -7.15. The van der Waals surface area contributed by atoms with Crippen LogP contribution in [0.4, 0.5) is 0 Å². The standard InChI is InChI=1S/C57H43N5S/c1-56(2)31-32-57(3,4)50-42(56)29-30-44-49(50)48-40-23-12-11-22-39(40)47-41-24-13-15-25-43(41)61(36-19-9-6-10-20-36)51(47)52(48)62(44)55-59-53(34-17-7-5-8-18-34)58-54(60-55)35-27-28-38-37-21-14-16-26-45(37)63-46(38)33-35/h5-30,33H,31-32H2,1-4H3. The van der Waals surface area contributed by atoms with Crippen molar-refractivity contribution in [1.82, 2.24) is 24.1 Å². The van der Waals surface area contributed by atoms with Gasteiger partial charge >= 0.3 is 0 Å². The summed E-state index contributed by atoms with van der Waals surface area (Å²) in [7, 11) is 0. The predicted molar refractivity (Wildman–Crippen MR) is 265 cm³/mol. The van der Waals surface area contributed by atoms with Crippen LogP contribution in [0.5, 0.6) is 0 Å². The molecule has 6 heteroatoms. The third-order valence-electron chi connectivity index (χ3n) is 14.0. The number of thiophene rings is 1. The van der Waals surface area contributed by atoms with Gasteiger partial charge in [-0.25, -0.2) is 4.98 Å². The van der Waals surface area contributed by atoms with E-state index in [-0.39, 0.29) is 10.8 Å². The van der Waals surface area contributed by atoms with Crippen molar-refractivity contribution in [3.63, 3.8) is 0 Å². The van der Waals surface area contributed by atoms with Gasteiger partial charge in [0.05, 0.1) is 22.1 Å². The van der Waals surface area contributed by atoms with E-state index in [4.69, 9.17) is 15.0 Å².